The monoisotopic (exact) mass is 502 g/mol. The number of hydrogen-bond acceptors (Lipinski definition) is 6. The standard InChI is InChI=1S/C25H27FN2O4S2/c1-5-34(31)14-16-6-8-18(25(30)17-7-9-23(32-4)22(26)11-17)20(10-16)21-13-28(3)24(29)12-19(21)15(2)27-33/h6-13,15,27,33H,5,14H2,1-4H3. The summed E-state index contributed by atoms with van der Waals surface area (Å²) in [6.45, 7) is 3.69. The maximum Gasteiger partial charge on any atom is 0.250 e. The number of thiol groups is 1. The van der Waals surface area contributed by atoms with E-state index in [0.29, 0.717) is 33.8 Å². The highest BCUT2D eigenvalue weighted by Crippen LogP contribution is 2.33. The van der Waals surface area contributed by atoms with Gasteiger partial charge in [0.2, 0.25) is 0 Å². The number of carbonyl (C=O) groups is 1. The lowest BCUT2D eigenvalue weighted by Crippen LogP contribution is -2.20. The van der Waals surface area contributed by atoms with Crippen molar-refractivity contribution < 1.29 is 18.1 Å². The summed E-state index contributed by atoms with van der Waals surface area (Å²) in [4.78, 5) is 25.9. The maximum atomic E-state index is 14.3. The Kier molecular flexibility index (Phi) is 8.46. The Balaban J connectivity index is 2.26. The van der Waals surface area contributed by atoms with Gasteiger partial charge in [-0.1, -0.05) is 31.9 Å². The second kappa shape index (κ2) is 11.1. The van der Waals surface area contributed by atoms with Crippen LogP contribution >= 0.6 is 12.8 Å². The lowest BCUT2D eigenvalue weighted by Gasteiger charge is -2.19. The van der Waals surface area contributed by atoms with Crippen LogP contribution in [0.1, 0.15) is 46.9 Å². The van der Waals surface area contributed by atoms with Crippen LogP contribution in [-0.2, 0) is 23.6 Å². The van der Waals surface area contributed by atoms with Gasteiger partial charge in [-0.05, 0) is 47.9 Å². The molecule has 0 aliphatic rings. The average molecular weight is 503 g/mol. The van der Waals surface area contributed by atoms with Crippen LogP contribution in [0.3, 0.4) is 0 Å². The molecule has 3 aromatic rings. The number of benzene rings is 2. The number of nitrogens with one attached hydrogen (secondary N) is 1. The molecule has 3 rings (SSSR count). The normalized spacial score (nSPS) is 12.9. The van der Waals surface area contributed by atoms with Gasteiger partial charge in [-0.15, -0.1) is 0 Å². The van der Waals surface area contributed by atoms with Gasteiger partial charge in [0.05, 0.1) is 7.11 Å². The van der Waals surface area contributed by atoms with E-state index in [9.17, 15) is 18.2 Å². The molecule has 2 atom stereocenters. The topological polar surface area (TPSA) is 77.4 Å². The van der Waals surface area contributed by atoms with Crippen LogP contribution in [0.15, 0.2) is 53.5 Å². The minimum Gasteiger partial charge on any atom is -0.494 e. The first-order chi connectivity index (χ1) is 16.2. The molecule has 1 N–H and O–H groups in total. The highest BCUT2D eigenvalue weighted by molar-refractivity contribution is 7.84. The maximum absolute atomic E-state index is 14.3. The zero-order valence-electron chi connectivity index (χ0n) is 19.4. The van der Waals surface area contributed by atoms with Crippen LogP contribution in [0.2, 0.25) is 0 Å². The molecule has 0 aliphatic heterocycles. The number of methoxy groups -OCH3 is 1. The molecular formula is C25H27FN2O4S2. The average Bonchev–Trinajstić information content (AvgIpc) is 2.84. The number of carbonyl (C=O) groups excluding carboxylic acids is 1. The molecule has 0 aliphatic carbocycles. The molecule has 0 spiro atoms. The Morgan fingerprint density at radius 2 is 1.94 bits per heavy atom. The van der Waals surface area contributed by atoms with E-state index in [0.717, 1.165) is 11.6 Å². The van der Waals surface area contributed by atoms with Gasteiger partial charge in [-0.3, -0.25) is 18.5 Å². The lowest BCUT2D eigenvalue weighted by molar-refractivity contribution is 0.103. The second-order valence-corrected chi connectivity index (χ2v) is 9.88. The number of halogens is 1. The van der Waals surface area contributed by atoms with Crippen molar-refractivity contribution in [3.63, 3.8) is 0 Å². The largest absolute Gasteiger partial charge is 0.494 e. The van der Waals surface area contributed by atoms with Crippen molar-refractivity contribution in [3.05, 3.63) is 87.1 Å². The van der Waals surface area contributed by atoms with Crippen LogP contribution in [0.4, 0.5) is 4.39 Å². The van der Waals surface area contributed by atoms with Crippen molar-refractivity contribution in [1.29, 1.82) is 0 Å². The molecule has 2 unspecified atom stereocenters. The van der Waals surface area contributed by atoms with E-state index >= 15 is 0 Å². The number of pyridine rings is 1. The molecule has 0 amide bonds. The van der Waals surface area contributed by atoms with Crippen molar-refractivity contribution in [3.8, 4) is 16.9 Å². The molecule has 1 heterocycles. The van der Waals surface area contributed by atoms with Gasteiger partial charge in [0, 0.05) is 64.3 Å². The molecule has 6 nitrogen and oxygen atoms in total. The van der Waals surface area contributed by atoms with Gasteiger partial charge in [0.15, 0.2) is 17.3 Å². The Hall–Kier alpha value is -2.75. The predicted octanol–water partition coefficient (Wildman–Crippen LogP) is 4.20. The summed E-state index contributed by atoms with van der Waals surface area (Å²) in [7, 11) is 1.93. The Morgan fingerprint density at radius 3 is 2.56 bits per heavy atom. The SMILES string of the molecule is CCS(=O)Cc1ccc(C(=O)c2ccc(OC)c(F)c2)c(-c2cn(C)c(=O)cc2C(C)NS)c1. The fourth-order valence-corrected chi connectivity index (χ4v) is 4.54. The van der Waals surface area contributed by atoms with E-state index < -0.39 is 16.6 Å². The summed E-state index contributed by atoms with van der Waals surface area (Å²) in [5.41, 5.74) is 2.95. The van der Waals surface area contributed by atoms with Gasteiger partial charge < -0.3 is 9.30 Å². The van der Waals surface area contributed by atoms with Crippen molar-refractivity contribution in [1.82, 2.24) is 9.29 Å². The van der Waals surface area contributed by atoms with Crippen molar-refractivity contribution in [2.45, 2.75) is 25.6 Å². The first-order valence-corrected chi connectivity index (χ1v) is 12.6. The highest BCUT2D eigenvalue weighted by atomic mass is 32.2. The molecule has 0 saturated carbocycles. The minimum absolute atomic E-state index is 0.0446. The van der Waals surface area contributed by atoms with Gasteiger partial charge in [0.25, 0.3) is 5.56 Å². The van der Waals surface area contributed by atoms with Crippen LogP contribution < -0.4 is 15.0 Å². The summed E-state index contributed by atoms with van der Waals surface area (Å²) >= 11 is 4.16. The fraction of sp³-hybridized carbons (Fsp3) is 0.280. The van der Waals surface area contributed by atoms with Gasteiger partial charge >= 0.3 is 0 Å². The van der Waals surface area contributed by atoms with E-state index in [4.69, 9.17) is 4.74 Å². The summed E-state index contributed by atoms with van der Waals surface area (Å²) in [6.07, 6.45) is 1.67. The van der Waals surface area contributed by atoms with Crippen LogP contribution in [-0.4, -0.2) is 27.4 Å². The lowest BCUT2D eigenvalue weighted by atomic mass is 9.89. The molecule has 0 radical (unpaired) electrons. The van der Waals surface area contributed by atoms with Gasteiger partial charge in [0.1, 0.15) is 0 Å². The van der Waals surface area contributed by atoms with Gasteiger partial charge in [-0.2, -0.15) is 0 Å². The van der Waals surface area contributed by atoms with E-state index in [1.807, 2.05) is 19.9 Å². The molecule has 34 heavy (non-hydrogen) atoms. The molecule has 0 bridgehead atoms. The molecule has 180 valence electrons. The third-order valence-corrected chi connectivity index (χ3v) is 7.29. The van der Waals surface area contributed by atoms with E-state index in [1.165, 1.54) is 29.9 Å². The zero-order valence-corrected chi connectivity index (χ0v) is 21.1. The first kappa shape index (κ1) is 25.9. The molecule has 1 aromatic heterocycles. The predicted molar refractivity (Wildman–Crippen MR) is 136 cm³/mol. The first-order valence-electron chi connectivity index (χ1n) is 10.7. The minimum atomic E-state index is -1.05. The third-order valence-electron chi connectivity index (χ3n) is 5.60. The van der Waals surface area contributed by atoms with Crippen LogP contribution in [0.5, 0.6) is 5.75 Å². The fourth-order valence-electron chi connectivity index (χ4n) is 3.65. The number of ketones is 1. The number of aromatic nitrogens is 1. The third kappa shape index (κ3) is 5.48. The van der Waals surface area contributed by atoms with Crippen molar-refractivity contribution in [2.75, 3.05) is 12.9 Å². The van der Waals surface area contributed by atoms with E-state index in [-0.39, 0.29) is 28.7 Å². The number of hydrogen-bond donors (Lipinski definition) is 2. The summed E-state index contributed by atoms with van der Waals surface area (Å²) in [6, 6.07) is 10.5. The van der Waals surface area contributed by atoms with Gasteiger partial charge in [-0.25, -0.2) is 4.39 Å². The zero-order chi connectivity index (χ0) is 25.0. The summed E-state index contributed by atoms with van der Waals surface area (Å²) in [5.74, 6) is -0.140. The molecular weight excluding hydrogens is 475 g/mol. The number of rotatable bonds is 9. The molecule has 0 fully saturated rings. The van der Waals surface area contributed by atoms with E-state index in [1.54, 1.807) is 25.4 Å². The second-order valence-electron chi connectivity index (χ2n) is 7.87. The Morgan fingerprint density at radius 1 is 1.21 bits per heavy atom. The number of aryl methyl sites for hydroxylation is 1. The summed E-state index contributed by atoms with van der Waals surface area (Å²) < 4.78 is 35.8. The van der Waals surface area contributed by atoms with Crippen molar-refractivity contribution in [2.24, 2.45) is 7.05 Å². The Labute approximate surface area is 206 Å². The smallest absolute Gasteiger partial charge is 0.250 e. The van der Waals surface area contributed by atoms with Crippen LogP contribution in [0.25, 0.3) is 11.1 Å². The molecule has 2 aromatic carbocycles. The summed E-state index contributed by atoms with van der Waals surface area (Å²) in [5, 5.41) is 0. The number of ether oxygens (including phenoxy) is 1. The number of nitrogens with zero attached hydrogens (tertiary/aromatic N) is 1. The van der Waals surface area contributed by atoms with E-state index in [2.05, 4.69) is 17.5 Å². The molecule has 0 saturated heterocycles. The molecule has 9 heteroatoms. The van der Waals surface area contributed by atoms with Crippen molar-refractivity contribution >= 4 is 29.4 Å². The van der Waals surface area contributed by atoms with Crippen LogP contribution in [0, 0.1) is 5.82 Å². The quantitative estimate of drug-likeness (QED) is 0.339. The highest BCUT2D eigenvalue weighted by Gasteiger charge is 2.22. The Bertz CT molecular complexity index is 1310.